The second-order valence-corrected chi connectivity index (χ2v) is 5.08. The van der Waals surface area contributed by atoms with Crippen molar-refractivity contribution in [3.05, 3.63) is 11.7 Å². The van der Waals surface area contributed by atoms with Crippen molar-refractivity contribution < 1.29 is 39.6 Å². The highest BCUT2D eigenvalue weighted by molar-refractivity contribution is 5.82. The van der Waals surface area contributed by atoms with Gasteiger partial charge in [-0.05, 0) is 6.42 Å². The molecule has 1 heterocycles. The number of hydrogen-bond acceptors (Lipinski definition) is 10. The summed E-state index contributed by atoms with van der Waals surface area (Å²) in [5.74, 6) is -1.58. The van der Waals surface area contributed by atoms with Gasteiger partial charge in [-0.1, -0.05) is 5.16 Å². The molecule has 0 spiro atoms. The van der Waals surface area contributed by atoms with E-state index in [1.807, 2.05) is 5.32 Å². The topological polar surface area (TPSA) is 224 Å². The molecular weight excluding hydrogens is 342 g/mol. The summed E-state index contributed by atoms with van der Waals surface area (Å²) >= 11 is 0. The van der Waals surface area contributed by atoms with Gasteiger partial charge in [0.1, 0.15) is 6.04 Å². The second-order valence-electron chi connectivity index (χ2n) is 5.08. The van der Waals surface area contributed by atoms with Crippen LogP contribution in [0.2, 0.25) is 0 Å². The van der Waals surface area contributed by atoms with Crippen LogP contribution in [-0.4, -0.2) is 73.2 Å². The zero-order valence-electron chi connectivity index (χ0n) is 13.1. The van der Waals surface area contributed by atoms with Crippen LogP contribution >= 0.6 is 0 Å². The highest BCUT2D eigenvalue weighted by Gasteiger charge is 2.26. The van der Waals surface area contributed by atoms with Crippen LogP contribution in [-0.2, 0) is 4.79 Å². The number of carbonyl (C=O) groups is 2. The van der Waals surface area contributed by atoms with Gasteiger partial charge in [-0.15, -0.1) is 0 Å². The van der Waals surface area contributed by atoms with E-state index in [2.05, 4.69) is 15.5 Å². The van der Waals surface area contributed by atoms with Crippen LogP contribution in [0.1, 0.15) is 36.6 Å². The van der Waals surface area contributed by atoms with Crippen molar-refractivity contribution in [3.63, 3.8) is 0 Å². The SMILES string of the molecule is N[C@@H](CO)c1noc([C@H](CCC(O)O)NC(=O)N[C@@H](CO)C(=O)O)n1. The van der Waals surface area contributed by atoms with Crippen molar-refractivity contribution >= 4 is 12.0 Å². The number of nitrogens with zero attached hydrogens (tertiary/aromatic N) is 2. The van der Waals surface area contributed by atoms with Crippen LogP contribution in [0.15, 0.2) is 4.52 Å². The van der Waals surface area contributed by atoms with Gasteiger partial charge < -0.3 is 46.4 Å². The Morgan fingerprint density at radius 2 is 1.84 bits per heavy atom. The second kappa shape index (κ2) is 9.85. The molecule has 0 radical (unpaired) electrons. The molecule has 0 bridgehead atoms. The summed E-state index contributed by atoms with van der Waals surface area (Å²) in [5.41, 5.74) is 5.54. The van der Waals surface area contributed by atoms with Gasteiger partial charge in [0.15, 0.2) is 18.2 Å². The molecule has 0 aromatic carbocycles. The van der Waals surface area contributed by atoms with E-state index in [-0.39, 0.29) is 24.6 Å². The molecule has 0 unspecified atom stereocenters. The lowest BCUT2D eigenvalue weighted by Crippen LogP contribution is -2.48. The minimum atomic E-state index is -1.65. The third-order valence-electron chi connectivity index (χ3n) is 3.09. The normalized spacial score (nSPS) is 14.8. The molecule has 0 aliphatic heterocycles. The number of amides is 2. The van der Waals surface area contributed by atoms with Crippen molar-refractivity contribution in [2.24, 2.45) is 5.73 Å². The van der Waals surface area contributed by atoms with Crippen LogP contribution in [0.3, 0.4) is 0 Å². The van der Waals surface area contributed by atoms with Gasteiger partial charge in [-0.25, -0.2) is 9.59 Å². The Bertz CT molecular complexity index is 565. The van der Waals surface area contributed by atoms with Crippen molar-refractivity contribution in [2.45, 2.75) is 37.3 Å². The first kappa shape index (κ1) is 20.7. The third kappa shape index (κ3) is 6.60. The summed E-state index contributed by atoms with van der Waals surface area (Å²) in [6.45, 7) is -1.26. The lowest BCUT2D eigenvalue weighted by atomic mass is 10.1. The van der Waals surface area contributed by atoms with Gasteiger partial charge in [-0.3, -0.25) is 0 Å². The Balaban J connectivity index is 2.83. The van der Waals surface area contributed by atoms with E-state index >= 15 is 0 Å². The molecule has 142 valence electrons. The van der Waals surface area contributed by atoms with Gasteiger partial charge in [0.25, 0.3) is 0 Å². The largest absolute Gasteiger partial charge is 0.480 e. The lowest BCUT2D eigenvalue weighted by molar-refractivity contribution is -0.140. The van der Waals surface area contributed by atoms with E-state index in [0.29, 0.717) is 0 Å². The van der Waals surface area contributed by atoms with E-state index in [4.69, 9.17) is 35.8 Å². The summed E-state index contributed by atoms with van der Waals surface area (Å²) in [5, 5.41) is 52.5. The molecule has 3 atom stereocenters. The number of aliphatic hydroxyl groups excluding tert-OH is 3. The molecule has 1 rings (SSSR count). The molecule has 1 aromatic rings. The smallest absolute Gasteiger partial charge is 0.328 e. The predicted molar refractivity (Wildman–Crippen MR) is 78.7 cm³/mol. The first-order valence-electron chi connectivity index (χ1n) is 7.25. The first-order valence-corrected chi connectivity index (χ1v) is 7.25. The number of aliphatic carboxylic acids is 1. The number of aromatic nitrogens is 2. The summed E-state index contributed by atoms with van der Waals surface area (Å²) in [6, 6.07) is -4.36. The third-order valence-corrected chi connectivity index (χ3v) is 3.09. The maximum atomic E-state index is 11.9. The number of carboxylic acids is 1. The standard InChI is InChI=1S/C12H21N5O8/c13-5(3-18)9-16-10(25-17-9)6(1-2-8(20)21)14-12(24)15-7(4-19)11(22)23/h5-8,18-21H,1-4,13H2,(H,22,23)(H2,14,15,24)/t5-,6-,7-/m0/s1. The maximum Gasteiger partial charge on any atom is 0.328 e. The molecule has 0 aliphatic carbocycles. The van der Waals surface area contributed by atoms with E-state index in [1.165, 1.54) is 0 Å². The molecular formula is C12H21N5O8. The van der Waals surface area contributed by atoms with Crippen molar-refractivity contribution in [1.82, 2.24) is 20.8 Å². The zero-order valence-corrected chi connectivity index (χ0v) is 13.1. The van der Waals surface area contributed by atoms with Crippen LogP contribution in [0, 0.1) is 0 Å². The van der Waals surface area contributed by atoms with Crippen molar-refractivity contribution in [1.29, 1.82) is 0 Å². The minimum Gasteiger partial charge on any atom is -0.480 e. The zero-order chi connectivity index (χ0) is 19.0. The van der Waals surface area contributed by atoms with Gasteiger partial charge in [0.05, 0.1) is 19.3 Å². The maximum absolute atomic E-state index is 11.9. The molecule has 0 fully saturated rings. The molecule has 1 aromatic heterocycles. The summed E-state index contributed by atoms with van der Waals surface area (Å²) < 4.78 is 4.94. The monoisotopic (exact) mass is 363 g/mol. The molecule has 13 nitrogen and oxygen atoms in total. The van der Waals surface area contributed by atoms with E-state index in [1.54, 1.807) is 0 Å². The molecule has 0 saturated carbocycles. The molecule has 25 heavy (non-hydrogen) atoms. The molecule has 0 saturated heterocycles. The Labute approximate surface area is 141 Å². The number of carbonyl (C=O) groups excluding carboxylic acids is 1. The number of carboxylic acid groups (broad SMARTS) is 1. The van der Waals surface area contributed by atoms with Crippen LogP contribution in [0.4, 0.5) is 4.79 Å². The fourth-order valence-corrected chi connectivity index (χ4v) is 1.74. The molecule has 9 N–H and O–H groups in total. The van der Waals surface area contributed by atoms with Crippen LogP contribution in [0.25, 0.3) is 0 Å². The summed E-state index contributed by atoms with van der Waals surface area (Å²) in [7, 11) is 0. The van der Waals surface area contributed by atoms with E-state index < -0.39 is 49.6 Å². The fraction of sp³-hybridized carbons (Fsp3) is 0.667. The Kier molecular flexibility index (Phi) is 8.17. The van der Waals surface area contributed by atoms with Gasteiger partial charge in [0.2, 0.25) is 5.89 Å². The van der Waals surface area contributed by atoms with Gasteiger partial charge in [0, 0.05) is 6.42 Å². The Morgan fingerprint density at radius 3 is 2.36 bits per heavy atom. The molecule has 13 heteroatoms. The number of hydrogen-bond donors (Lipinski definition) is 8. The van der Waals surface area contributed by atoms with Crippen LogP contribution < -0.4 is 16.4 Å². The quantitative estimate of drug-likeness (QED) is 0.195. The van der Waals surface area contributed by atoms with Crippen molar-refractivity contribution in [2.75, 3.05) is 13.2 Å². The van der Waals surface area contributed by atoms with Gasteiger partial charge in [-0.2, -0.15) is 4.98 Å². The van der Waals surface area contributed by atoms with Crippen LogP contribution in [0.5, 0.6) is 0 Å². The number of aliphatic hydroxyl groups is 4. The Hall–Kier alpha value is -2.32. The predicted octanol–water partition coefficient (Wildman–Crippen LogP) is -3.06. The van der Waals surface area contributed by atoms with Crippen molar-refractivity contribution in [3.8, 4) is 0 Å². The molecule has 2 amide bonds. The fourth-order valence-electron chi connectivity index (χ4n) is 1.74. The number of nitrogens with one attached hydrogen (secondary N) is 2. The number of urea groups is 1. The average Bonchev–Trinajstić information content (AvgIpc) is 3.05. The van der Waals surface area contributed by atoms with E-state index in [0.717, 1.165) is 0 Å². The summed E-state index contributed by atoms with van der Waals surface area (Å²) in [6.07, 6.45) is -1.84. The number of nitrogens with two attached hydrogens (primary N) is 1. The highest BCUT2D eigenvalue weighted by Crippen LogP contribution is 2.19. The molecule has 0 aliphatic rings. The average molecular weight is 363 g/mol. The number of rotatable bonds is 10. The Morgan fingerprint density at radius 1 is 1.16 bits per heavy atom. The summed E-state index contributed by atoms with van der Waals surface area (Å²) in [4.78, 5) is 26.6. The highest BCUT2D eigenvalue weighted by atomic mass is 16.5. The minimum absolute atomic E-state index is 0.0203. The van der Waals surface area contributed by atoms with E-state index in [9.17, 15) is 9.59 Å². The lowest BCUT2D eigenvalue weighted by Gasteiger charge is -2.18. The van der Waals surface area contributed by atoms with Gasteiger partial charge >= 0.3 is 12.0 Å². The first-order chi connectivity index (χ1) is 11.8.